The zero-order valence-corrected chi connectivity index (χ0v) is 18.6. The number of fused-ring (bicyclic) bond motifs is 1. The molecular formula is C20H20N6O2S2. The number of hydrogen-bond donors (Lipinski definition) is 2. The van der Waals surface area contributed by atoms with Crippen LogP contribution in [0.2, 0.25) is 0 Å². The Morgan fingerprint density at radius 1 is 1.30 bits per heavy atom. The predicted molar refractivity (Wildman–Crippen MR) is 119 cm³/mol. The molecule has 3 heterocycles. The molecule has 0 aliphatic heterocycles. The third kappa shape index (κ3) is 3.88. The molecular weight excluding hydrogens is 420 g/mol. The van der Waals surface area contributed by atoms with Gasteiger partial charge in [0.15, 0.2) is 5.16 Å². The van der Waals surface area contributed by atoms with Crippen molar-refractivity contribution < 1.29 is 4.79 Å². The molecule has 4 aromatic rings. The minimum Gasteiger partial charge on any atom is -0.321 e. The maximum atomic E-state index is 12.9. The van der Waals surface area contributed by atoms with Crippen molar-refractivity contribution in [2.75, 3.05) is 5.32 Å². The van der Waals surface area contributed by atoms with Gasteiger partial charge in [-0.15, -0.1) is 21.5 Å². The van der Waals surface area contributed by atoms with Crippen molar-refractivity contribution in [1.29, 1.82) is 0 Å². The molecule has 0 spiro atoms. The van der Waals surface area contributed by atoms with E-state index >= 15 is 0 Å². The van der Waals surface area contributed by atoms with Gasteiger partial charge >= 0.3 is 0 Å². The van der Waals surface area contributed by atoms with E-state index in [9.17, 15) is 9.59 Å². The van der Waals surface area contributed by atoms with Gasteiger partial charge in [-0.2, -0.15) is 0 Å². The molecule has 0 radical (unpaired) electrons. The number of H-pyrrole nitrogens is 1. The summed E-state index contributed by atoms with van der Waals surface area (Å²) >= 11 is 2.66. The molecule has 8 nitrogen and oxygen atoms in total. The summed E-state index contributed by atoms with van der Waals surface area (Å²) in [5, 5.41) is 12.0. The maximum absolute atomic E-state index is 12.9. The van der Waals surface area contributed by atoms with Gasteiger partial charge in [-0.1, -0.05) is 29.5 Å². The Morgan fingerprint density at radius 2 is 2.10 bits per heavy atom. The molecule has 0 unspecified atom stereocenters. The van der Waals surface area contributed by atoms with Crippen LogP contribution in [0.25, 0.3) is 10.2 Å². The fourth-order valence-electron chi connectivity index (χ4n) is 3.14. The van der Waals surface area contributed by atoms with Gasteiger partial charge in [-0.3, -0.25) is 9.59 Å². The molecule has 0 fully saturated rings. The highest BCUT2D eigenvalue weighted by Crippen LogP contribution is 2.29. The average molecular weight is 441 g/mol. The summed E-state index contributed by atoms with van der Waals surface area (Å²) in [6.45, 7) is 5.74. The summed E-state index contributed by atoms with van der Waals surface area (Å²) in [6.07, 6.45) is 1.62. The number of aromatic amines is 1. The van der Waals surface area contributed by atoms with E-state index in [1.165, 1.54) is 23.1 Å². The van der Waals surface area contributed by atoms with E-state index in [2.05, 4.69) is 25.5 Å². The largest absolute Gasteiger partial charge is 0.321 e. The Bertz CT molecular complexity index is 1320. The lowest BCUT2D eigenvalue weighted by atomic mass is 10.1. The van der Waals surface area contributed by atoms with Gasteiger partial charge in [0.05, 0.1) is 16.0 Å². The number of thiophene rings is 1. The first kappa shape index (κ1) is 20.3. The molecule has 30 heavy (non-hydrogen) atoms. The van der Waals surface area contributed by atoms with E-state index in [1.807, 2.05) is 39.1 Å². The molecule has 0 saturated heterocycles. The molecule has 2 N–H and O–H groups in total. The number of nitrogens with one attached hydrogen (secondary N) is 2. The second kappa shape index (κ2) is 8.04. The fraction of sp³-hybridized carbons (Fsp3) is 0.250. The van der Waals surface area contributed by atoms with Gasteiger partial charge < -0.3 is 14.9 Å². The Morgan fingerprint density at radius 3 is 2.80 bits per heavy atom. The van der Waals surface area contributed by atoms with Crippen molar-refractivity contribution in [3.63, 3.8) is 0 Å². The SMILES string of the molecule is Cc1ccc(NC(=O)c2sc3nc(CSc4nncn4C)[nH]c(=O)c3c2C)c(C)c1. The molecule has 154 valence electrons. The van der Waals surface area contributed by atoms with Crippen LogP contribution in [0.5, 0.6) is 0 Å². The summed E-state index contributed by atoms with van der Waals surface area (Å²) in [7, 11) is 1.85. The van der Waals surface area contributed by atoms with Crippen LogP contribution in [0.1, 0.15) is 32.2 Å². The number of amides is 1. The van der Waals surface area contributed by atoms with E-state index in [4.69, 9.17) is 0 Å². The number of thioether (sulfide) groups is 1. The van der Waals surface area contributed by atoms with Gasteiger partial charge in [-0.25, -0.2) is 4.98 Å². The van der Waals surface area contributed by atoms with Crippen molar-refractivity contribution in [2.45, 2.75) is 31.7 Å². The van der Waals surface area contributed by atoms with Crippen LogP contribution in [0, 0.1) is 20.8 Å². The van der Waals surface area contributed by atoms with Crippen LogP contribution in [0.3, 0.4) is 0 Å². The smallest absolute Gasteiger partial charge is 0.266 e. The molecule has 0 saturated carbocycles. The van der Waals surface area contributed by atoms with E-state index in [1.54, 1.807) is 17.8 Å². The summed E-state index contributed by atoms with van der Waals surface area (Å²) in [6, 6.07) is 5.85. The van der Waals surface area contributed by atoms with Crippen molar-refractivity contribution in [2.24, 2.45) is 7.05 Å². The lowest BCUT2D eigenvalue weighted by Gasteiger charge is -2.08. The first-order chi connectivity index (χ1) is 14.3. The quantitative estimate of drug-likeness (QED) is 0.460. The van der Waals surface area contributed by atoms with E-state index in [0.29, 0.717) is 32.2 Å². The topological polar surface area (TPSA) is 106 Å². The fourth-order valence-corrected chi connectivity index (χ4v) is 5.00. The molecule has 10 heteroatoms. The number of aromatic nitrogens is 5. The zero-order chi connectivity index (χ0) is 21.4. The number of hydrogen-bond acceptors (Lipinski definition) is 7. The van der Waals surface area contributed by atoms with Gasteiger partial charge in [0.1, 0.15) is 17.0 Å². The normalized spacial score (nSPS) is 11.2. The first-order valence-corrected chi connectivity index (χ1v) is 11.0. The second-order valence-corrected chi connectivity index (χ2v) is 8.98. The highest BCUT2D eigenvalue weighted by Gasteiger charge is 2.20. The Labute approximate surface area is 180 Å². The third-order valence-electron chi connectivity index (χ3n) is 4.69. The van der Waals surface area contributed by atoms with Crippen LogP contribution in [-0.4, -0.2) is 30.6 Å². The minimum atomic E-state index is -0.243. The monoisotopic (exact) mass is 440 g/mol. The molecule has 0 aliphatic carbocycles. The van der Waals surface area contributed by atoms with Crippen molar-refractivity contribution in [1.82, 2.24) is 24.7 Å². The number of carbonyl (C=O) groups excluding carboxylic acids is 1. The summed E-state index contributed by atoms with van der Waals surface area (Å²) in [4.78, 5) is 34.0. The summed E-state index contributed by atoms with van der Waals surface area (Å²) in [5.41, 5.74) is 3.27. The Balaban J connectivity index is 1.62. The lowest BCUT2D eigenvalue weighted by Crippen LogP contribution is -2.13. The highest BCUT2D eigenvalue weighted by molar-refractivity contribution is 7.98. The Hall–Kier alpha value is -2.98. The van der Waals surface area contributed by atoms with Crippen molar-refractivity contribution in [3.8, 4) is 0 Å². The zero-order valence-electron chi connectivity index (χ0n) is 16.9. The molecule has 0 bridgehead atoms. The van der Waals surface area contributed by atoms with Gasteiger partial charge in [0.25, 0.3) is 11.5 Å². The molecule has 1 aromatic carbocycles. The number of aryl methyl sites for hydroxylation is 4. The van der Waals surface area contributed by atoms with Crippen LogP contribution in [0.15, 0.2) is 34.5 Å². The average Bonchev–Trinajstić information content (AvgIpc) is 3.25. The Kier molecular flexibility index (Phi) is 5.44. The van der Waals surface area contributed by atoms with E-state index in [-0.39, 0.29) is 11.5 Å². The molecule has 1 amide bonds. The van der Waals surface area contributed by atoms with Crippen LogP contribution < -0.4 is 10.9 Å². The van der Waals surface area contributed by atoms with Gasteiger partial charge in [0.2, 0.25) is 0 Å². The van der Waals surface area contributed by atoms with Gasteiger partial charge in [-0.05, 0) is 38.0 Å². The van der Waals surface area contributed by atoms with E-state index in [0.717, 1.165) is 22.0 Å². The summed E-state index contributed by atoms with van der Waals surface area (Å²) in [5.74, 6) is 0.735. The lowest BCUT2D eigenvalue weighted by molar-refractivity contribution is 0.103. The standard InChI is InChI=1S/C20H20N6O2S2/c1-10-5-6-13(11(2)7-10)22-18(28)16-12(3)15-17(27)23-14(24-19(15)30-16)8-29-20-25-21-9-26(20)4/h5-7,9H,8H2,1-4H3,(H,22,28)(H,23,24,27). The molecule has 0 atom stereocenters. The van der Waals surface area contributed by atoms with Crippen LogP contribution >= 0.6 is 23.1 Å². The minimum absolute atomic E-state index is 0.239. The molecule has 3 aromatic heterocycles. The summed E-state index contributed by atoms with van der Waals surface area (Å²) < 4.78 is 1.80. The van der Waals surface area contributed by atoms with Crippen molar-refractivity contribution >= 4 is 44.9 Å². The first-order valence-electron chi connectivity index (χ1n) is 9.21. The number of benzene rings is 1. The maximum Gasteiger partial charge on any atom is 0.266 e. The number of nitrogens with zero attached hydrogens (tertiary/aromatic N) is 4. The van der Waals surface area contributed by atoms with E-state index < -0.39 is 0 Å². The third-order valence-corrected chi connectivity index (χ3v) is 6.92. The highest BCUT2D eigenvalue weighted by atomic mass is 32.2. The molecule has 0 aliphatic rings. The van der Waals surface area contributed by atoms with Crippen molar-refractivity contribution in [3.05, 3.63) is 62.3 Å². The predicted octanol–water partition coefficient (Wildman–Crippen LogP) is 3.58. The number of anilines is 1. The molecule has 4 rings (SSSR count). The number of carbonyl (C=O) groups is 1. The van der Waals surface area contributed by atoms with Gasteiger partial charge in [0, 0.05) is 12.7 Å². The van der Waals surface area contributed by atoms with Crippen LogP contribution in [0.4, 0.5) is 5.69 Å². The second-order valence-electron chi connectivity index (χ2n) is 7.03. The van der Waals surface area contributed by atoms with Crippen LogP contribution in [-0.2, 0) is 12.8 Å². The number of rotatable bonds is 5.